The fourth-order valence-electron chi connectivity index (χ4n) is 4.69. The van der Waals surface area contributed by atoms with Gasteiger partial charge in [-0.2, -0.15) is 0 Å². The Labute approximate surface area is 173 Å². The molecule has 1 saturated heterocycles. The van der Waals surface area contributed by atoms with E-state index >= 15 is 0 Å². The molecule has 0 amide bonds. The third-order valence-electron chi connectivity index (χ3n) is 6.04. The van der Waals surface area contributed by atoms with Crippen LogP contribution >= 0.6 is 0 Å². The number of aliphatic hydroxyl groups is 1. The normalized spacial score (nSPS) is 23.0. The summed E-state index contributed by atoms with van der Waals surface area (Å²) in [7, 11) is 1.73. The molecule has 2 aliphatic heterocycles. The minimum Gasteiger partial charge on any atom is -0.496 e. The number of benzene rings is 2. The van der Waals surface area contributed by atoms with Crippen LogP contribution in [-0.4, -0.2) is 36.3 Å². The Kier molecular flexibility index (Phi) is 5.80. The van der Waals surface area contributed by atoms with Gasteiger partial charge in [0.05, 0.1) is 19.8 Å². The summed E-state index contributed by atoms with van der Waals surface area (Å²) in [5.41, 5.74) is 4.67. The van der Waals surface area contributed by atoms with E-state index in [0.717, 1.165) is 36.5 Å². The molecule has 0 aromatic heterocycles. The van der Waals surface area contributed by atoms with Crippen LogP contribution in [0.4, 0.5) is 5.69 Å². The maximum Gasteiger partial charge on any atom is 0.123 e. The van der Waals surface area contributed by atoms with Crippen molar-refractivity contribution >= 4 is 5.69 Å². The van der Waals surface area contributed by atoms with Gasteiger partial charge in [0.15, 0.2) is 0 Å². The standard InChI is InChI=1S/C25H30N2O2/c1-17(2)8-9-18-10-11-22-21(14-18)25-20(23(16-28)26-22)12-13-27(25)15-19-6-4-5-7-24(19)29-3/h4-7,10-11,14,17,20,23,25-26,28H,12-13,15-16H2,1-3H3/t20-,23+,25-/m0/s1. The molecule has 4 rings (SSSR count). The molecular weight excluding hydrogens is 360 g/mol. The van der Waals surface area contributed by atoms with Crippen molar-refractivity contribution in [3.8, 4) is 17.6 Å². The summed E-state index contributed by atoms with van der Waals surface area (Å²) < 4.78 is 5.58. The molecule has 0 radical (unpaired) electrons. The van der Waals surface area contributed by atoms with Crippen LogP contribution in [0.2, 0.25) is 0 Å². The number of nitrogens with one attached hydrogen (secondary N) is 1. The van der Waals surface area contributed by atoms with Crippen LogP contribution in [0, 0.1) is 23.7 Å². The van der Waals surface area contributed by atoms with E-state index in [1.165, 1.54) is 11.1 Å². The Bertz CT molecular complexity index is 928. The Morgan fingerprint density at radius 3 is 2.83 bits per heavy atom. The number of likely N-dealkylation sites (tertiary alicyclic amines) is 1. The lowest BCUT2D eigenvalue weighted by Gasteiger charge is -2.39. The fraction of sp³-hybridized carbons (Fsp3) is 0.440. The predicted molar refractivity (Wildman–Crippen MR) is 117 cm³/mol. The van der Waals surface area contributed by atoms with Crippen molar-refractivity contribution in [1.82, 2.24) is 4.90 Å². The summed E-state index contributed by atoms with van der Waals surface area (Å²) >= 11 is 0. The van der Waals surface area contributed by atoms with Crippen molar-refractivity contribution < 1.29 is 9.84 Å². The minimum absolute atomic E-state index is 0.0859. The van der Waals surface area contributed by atoms with E-state index in [1.807, 2.05) is 12.1 Å². The number of nitrogens with zero attached hydrogens (tertiary/aromatic N) is 1. The van der Waals surface area contributed by atoms with Crippen LogP contribution in [0.3, 0.4) is 0 Å². The summed E-state index contributed by atoms with van der Waals surface area (Å²) in [6.45, 7) is 6.22. The predicted octanol–water partition coefficient (Wildman–Crippen LogP) is 4.05. The summed E-state index contributed by atoms with van der Waals surface area (Å²) in [6, 6.07) is 15.0. The number of aliphatic hydroxyl groups excluding tert-OH is 1. The number of hydrogen-bond acceptors (Lipinski definition) is 4. The third-order valence-corrected chi connectivity index (χ3v) is 6.04. The zero-order valence-electron chi connectivity index (χ0n) is 17.5. The molecule has 1 fully saturated rings. The van der Waals surface area contributed by atoms with E-state index in [0.29, 0.717) is 11.8 Å². The average molecular weight is 391 g/mol. The number of rotatable bonds is 4. The maximum absolute atomic E-state index is 10.00. The van der Waals surface area contributed by atoms with Gasteiger partial charge in [-0.3, -0.25) is 4.90 Å². The lowest BCUT2D eigenvalue weighted by atomic mass is 9.82. The minimum atomic E-state index is 0.0859. The molecule has 2 heterocycles. The first-order chi connectivity index (χ1) is 14.1. The maximum atomic E-state index is 10.00. The first-order valence-electron chi connectivity index (χ1n) is 10.5. The number of anilines is 1. The summed E-state index contributed by atoms with van der Waals surface area (Å²) in [5.74, 6) is 8.26. The van der Waals surface area contributed by atoms with Gasteiger partial charge in [-0.15, -0.1) is 0 Å². The number of hydrogen-bond donors (Lipinski definition) is 2. The van der Waals surface area contributed by atoms with Gasteiger partial charge in [0.2, 0.25) is 0 Å². The van der Waals surface area contributed by atoms with Crippen LogP contribution < -0.4 is 10.1 Å². The summed E-state index contributed by atoms with van der Waals surface area (Å²) in [6.07, 6.45) is 1.07. The van der Waals surface area contributed by atoms with Crippen molar-refractivity contribution in [1.29, 1.82) is 0 Å². The smallest absolute Gasteiger partial charge is 0.123 e. The molecule has 152 valence electrons. The molecule has 2 N–H and O–H groups in total. The quantitative estimate of drug-likeness (QED) is 0.773. The van der Waals surface area contributed by atoms with E-state index in [-0.39, 0.29) is 18.7 Å². The lowest BCUT2D eigenvalue weighted by Crippen LogP contribution is -2.41. The first kappa shape index (κ1) is 19.8. The number of methoxy groups -OCH3 is 1. The fourth-order valence-corrected chi connectivity index (χ4v) is 4.69. The van der Waals surface area contributed by atoms with E-state index in [1.54, 1.807) is 7.11 Å². The van der Waals surface area contributed by atoms with Gasteiger partial charge in [-0.05, 0) is 42.8 Å². The van der Waals surface area contributed by atoms with Crippen LogP contribution in [0.25, 0.3) is 0 Å². The Morgan fingerprint density at radius 1 is 1.24 bits per heavy atom. The van der Waals surface area contributed by atoms with Crippen molar-refractivity contribution in [3.63, 3.8) is 0 Å². The molecule has 0 saturated carbocycles. The lowest BCUT2D eigenvalue weighted by molar-refractivity contribution is 0.171. The molecule has 2 aromatic rings. The van der Waals surface area contributed by atoms with Crippen molar-refractivity contribution in [2.24, 2.45) is 11.8 Å². The van der Waals surface area contributed by atoms with Gasteiger partial charge < -0.3 is 15.2 Å². The van der Waals surface area contributed by atoms with Crippen LogP contribution in [0.1, 0.15) is 43.0 Å². The molecule has 4 heteroatoms. The molecule has 0 aliphatic carbocycles. The molecule has 2 aromatic carbocycles. The molecular formula is C25H30N2O2. The monoisotopic (exact) mass is 390 g/mol. The topological polar surface area (TPSA) is 44.7 Å². The van der Waals surface area contributed by atoms with Gasteiger partial charge in [0.25, 0.3) is 0 Å². The van der Waals surface area contributed by atoms with Crippen molar-refractivity contribution in [2.75, 3.05) is 25.6 Å². The molecule has 4 nitrogen and oxygen atoms in total. The van der Waals surface area contributed by atoms with Gasteiger partial charge in [0.1, 0.15) is 5.75 Å². The van der Waals surface area contributed by atoms with Crippen molar-refractivity contribution in [3.05, 3.63) is 59.2 Å². The second kappa shape index (κ2) is 8.49. The second-order valence-corrected chi connectivity index (χ2v) is 8.34. The van der Waals surface area contributed by atoms with E-state index in [2.05, 4.69) is 66.2 Å². The SMILES string of the molecule is COc1ccccc1CN1CC[C@@H]2[C@H]1c1cc(C#CC(C)C)ccc1N[C@@H]2CO. The van der Waals surface area contributed by atoms with Crippen LogP contribution in [0.5, 0.6) is 5.75 Å². The highest BCUT2D eigenvalue weighted by molar-refractivity contribution is 5.60. The molecule has 3 atom stereocenters. The highest BCUT2D eigenvalue weighted by atomic mass is 16.5. The number of ether oxygens (including phenoxy) is 1. The zero-order chi connectivity index (χ0) is 20.4. The third kappa shape index (κ3) is 3.99. The van der Waals surface area contributed by atoms with E-state index in [9.17, 15) is 5.11 Å². The Morgan fingerprint density at radius 2 is 2.07 bits per heavy atom. The van der Waals surface area contributed by atoms with E-state index in [4.69, 9.17) is 4.74 Å². The molecule has 0 bridgehead atoms. The molecule has 29 heavy (non-hydrogen) atoms. The average Bonchev–Trinajstić information content (AvgIpc) is 3.16. The van der Waals surface area contributed by atoms with Gasteiger partial charge in [-0.25, -0.2) is 0 Å². The highest BCUT2D eigenvalue weighted by Gasteiger charge is 2.43. The Balaban J connectivity index is 1.70. The molecule has 0 unspecified atom stereocenters. The van der Waals surface area contributed by atoms with E-state index < -0.39 is 0 Å². The number of fused-ring (bicyclic) bond motifs is 3. The number of para-hydroxylation sites is 1. The summed E-state index contributed by atoms with van der Waals surface area (Å²) in [4.78, 5) is 2.53. The molecule has 0 spiro atoms. The molecule has 2 aliphatic rings. The second-order valence-electron chi connectivity index (χ2n) is 8.34. The summed E-state index contributed by atoms with van der Waals surface area (Å²) in [5, 5.41) is 13.6. The largest absolute Gasteiger partial charge is 0.496 e. The first-order valence-corrected chi connectivity index (χ1v) is 10.5. The Hall–Kier alpha value is -2.48. The highest BCUT2D eigenvalue weighted by Crippen LogP contribution is 2.47. The van der Waals surface area contributed by atoms with Crippen molar-refractivity contribution in [2.45, 2.75) is 38.9 Å². The van der Waals surface area contributed by atoms with Gasteiger partial charge >= 0.3 is 0 Å². The van der Waals surface area contributed by atoms with Crippen LogP contribution in [-0.2, 0) is 6.54 Å². The zero-order valence-corrected chi connectivity index (χ0v) is 17.5. The van der Waals surface area contributed by atoms with Gasteiger partial charge in [-0.1, -0.05) is 43.9 Å². The van der Waals surface area contributed by atoms with Crippen LogP contribution in [0.15, 0.2) is 42.5 Å². The van der Waals surface area contributed by atoms with Gasteiger partial charge in [0, 0.05) is 41.2 Å².